The van der Waals surface area contributed by atoms with Gasteiger partial charge in [0.1, 0.15) is 0 Å². The molecule has 0 saturated heterocycles. The number of carbonyl (C=O) groups excluding carboxylic acids is 2. The van der Waals surface area contributed by atoms with Crippen LogP contribution >= 0.6 is 0 Å². The van der Waals surface area contributed by atoms with Crippen molar-refractivity contribution < 1.29 is 14.3 Å². The Morgan fingerprint density at radius 1 is 1.44 bits per heavy atom. The highest BCUT2D eigenvalue weighted by atomic mass is 16.5. The SMILES string of the molecule is CCOC(=O)C=CC(=O)c1cccc(N=[N+]=[N-])c1. The van der Waals surface area contributed by atoms with E-state index < -0.39 is 5.97 Å². The van der Waals surface area contributed by atoms with Crippen molar-refractivity contribution in [3.63, 3.8) is 0 Å². The Balaban J connectivity index is 2.81. The third-order valence-electron chi connectivity index (χ3n) is 1.95. The fourth-order valence-corrected chi connectivity index (χ4v) is 1.20. The molecule has 0 amide bonds. The van der Waals surface area contributed by atoms with Crippen LogP contribution < -0.4 is 0 Å². The van der Waals surface area contributed by atoms with Gasteiger partial charge in [-0.05, 0) is 24.6 Å². The maximum atomic E-state index is 11.7. The van der Waals surface area contributed by atoms with Crippen molar-refractivity contribution in [1.29, 1.82) is 0 Å². The van der Waals surface area contributed by atoms with Gasteiger partial charge in [0.2, 0.25) is 0 Å². The quantitative estimate of drug-likeness (QED) is 0.199. The molecule has 0 aliphatic rings. The normalized spacial score (nSPS) is 9.83. The highest BCUT2D eigenvalue weighted by Crippen LogP contribution is 2.14. The fraction of sp³-hybridized carbons (Fsp3) is 0.167. The monoisotopic (exact) mass is 245 g/mol. The Labute approximate surface area is 104 Å². The average Bonchev–Trinajstić information content (AvgIpc) is 2.37. The molecular formula is C12H11N3O3. The number of azide groups is 1. The van der Waals surface area contributed by atoms with E-state index in [0.717, 1.165) is 12.2 Å². The van der Waals surface area contributed by atoms with Gasteiger partial charge >= 0.3 is 5.97 Å². The van der Waals surface area contributed by atoms with Crippen LogP contribution in [0.4, 0.5) is 5.69 Å². The minimum atomic E-state index is -0.572. The van der Waals surface area contributed by atoms with Gasteiger partial charge in [0.25, 0.3) is 0 Å². The number of hydrogen-bond acceptors (Lipinski definition) is 4. The van der Waals surface area contributed by atoms with Crippen LogP contribution in [0.3, 0.4) is 0 Å². The number of nitrogens with zero attached hydrogens (tertiary/aromatic N) is 3. The van der Waals surface area contributed by atoms with Crippen LogP contribution in [0.2, 0.25) is 0 Å². The summed E-state index contributed by atoms with van der Waals surface area (Å²) in [7, 11) is 0. The summed E-state index contributed by atoms with van der Waals surface area (Å²) >= 11 is 0. The highest BCUT2D eigenvalue weighted by Gasteiger charge is 2.03. The molecule has 1 rings (SSSR count). The standard InChI is InChI=1S/C12H11N3O3/c1-2-18-12(17)7-6-11(16)9-4-3-5-10(8-9)14-15-13/h3-8H,2H2,1H3. The number of allylic oxidation sites excluding steroid dienone is 1. The van der Waals surface area contributed by atoms with Crippen LogP contribution in [0.1, 0.15) is 17.3 Å². The summed E-state index contributed by atoms with van der Waals surface area (Å²) in [5.41, 5.74) is 8.96. The van der Waals surface area contributed by atoms with Crippen molar-refractivity contribution in [3.8, 4) is 0 Å². The van der Waals surface area contributed by atoms with E-state index in [0.29, 0.717) is 11.3 Å². The molecule has 92 valence electrons. The van der Waals surface area contributed by atoms with Gasteiger partial charge in [0.15, 0.2) is 5.78 Å². The summed E-state index contributed by atoms with van der Waals surface area (Å²) in [6, 6.07) is 6.17. The summed E-state index contributed by atoms with van der Waals surface area (Å²) < 4.78 is 4.65. The number of ketones is 1. The zero-order chi connectivity index (χ0) is 13.4. The number of hydrogen-bond donors (Lipinski definition) is 0. The molecule has 6 heteroatoms. The lowest BCUT2D eigenvalue weighted by molar-refractivity contribution is -0.137. The number of ether oxygens (including phenoxy) is 1. The van der Waals surface area contributed by atoms with Gasteiger partial charge in [0, 0.05) is 22.2 Å². The van der Waals surface area contributed by atoms with E-state index >= 15 is 0 Å². The van der Waals surface area contributed by atoms with E-state index in [1.54, 1.807) is 25.1 Å². The zero-order valence-corrected chi connectivity index (χ0v) is 9.74. The maximum Gasteiger partial charge on any atom is 0.330 e. The number of benzene rings is 1. The molecule has 18 heavy (non-hydrogen) atoms. The van der Waals surface area contributed by atoms with Crippen LogP contribution in [-0.2, 0) is 9.53 Å². The number of carbonyl (C=O) groups is 2. The van der Waals surface area contributed by atoms with Crippen molar-refractivity contribution in [2.75, 3.05) is 6.61 Å². The van der Waals surface area contributed by atoms with Gasteiger partial charge in [-0.25, -0.2) is 4.79 Å². The topological polar surface area (TPSA) is 92.1 Å². The fourth-order valence-electron chi connectivity index (χ4n) is 1.20. The third kappa shape index (κ3) is 4.11. The molecule has 0 heterocycles. The second-order valence-electron chi connectivity index (χ2n) is 3.19. The van der Waals surface area contributed by atoms with E-state index in [2.05, 4.69) is 14.8 Å². The van der Waals surface area contributed by atoms with Gasteiger partial charge in [-0.2, -0.15) is 0 Å². The van der Waals surface area contributed by atoms with E-state index in [-0.39, 0.29) is 12.4 Å². The van der Waals surface area contributed by atoms with Gasteiger partial charge < -0.3 is 4.74 Å². The van der Waals surface area contributed by atoms with Crippen LogP contribution in [-0.4, -0.2) is 18.4 Å². The zero-order valence-electron chi connectivity index (χ0n) is 9.74. The minimum Gasteiger partial charge on any atom is -0.463 e. The highest BCUT2D eigenvalue weighted by molar-refractivity contribution is 6.07. The summed E-state index contributed by atoms with van der Waals surface area (Å²) in [5, 5.41) is 3.39. The van der Waals surface area contributed by atoms with E-state index in [1.807, 2.05) is 0 Å². The Hall–Kier alpha value is -2.59. The lowest BCUT2D eigenvalue weighted by atomic mass is 10.1. The molecule has 1 aromatic carbocycles. The Morgan fingerprint density at radius 3 is 2.89 bits per heavy atom. The first-order chi connectivity index (χ1) is 8.67. The predicted octanol–water partition coefficient (Wildman–Crippen LogP) is 2.93. The first kappa shape index (κ1) is 13.5. The van der Waals surface area contributed by atoms with Gasteiger partial charge in [-0.15, -0.1) is 0 Å². The average molecular weight is 245 g/mol. The summed E-state index contributed by atoms with van der Waals surface area (Å²) in [6.07, 6.45) is 2.18. The van der Waals surface area contributed by atoms with Gasteiger partial charge in [0.05, 0.1) is 6.61 Å². The molecular weight excluding hydrogens is 234 g/mol. The second-order valence-corrected chi connectivity index (χ2v) is 3.19. The van der Waals surface area contributed by atoms with Gasteiger partial charge in [-0.3, -0.25) is 4.79 Å². The van der Waals surface area contributed by atoms with Crippen molar-refractivity contribution in [2.45, 2.75) is 6.92 Å². The molecule has 0 fully saturated rings. The minimum absolute atomic E-state index is 0.254. The second kappa shape index (κ2) is 6.88. The molecule has 0 spiro atoms. The Bertz CT molecular complexity index is 531. The Morgan fingerprint density at radius 2 is 2.22 bits per heavy atom. The summed E-state index contributed by atoms with van der Waals surface area (Å²) in [5.74, 6) is -0.935. The van der Waals surface area contributed by atoms with Crippen LogP contribution in [0, 0.1) is 0 Å². The van der Waals surface area contributed by atoms with E-state index in [1.165, 1.54) is 6.07 Å². The Kier molecular flexibility index (Phi) is 5.15. The molecule has 0 aliphatic carbocycles. The molecule has 0 aliphatic heterocycles. The molecule has 0 saturated carbocycles. The molecule has 6 nitrogen and oxygen atoms in total. The first-order valence-electron chi connectivity index (χ1n) is 5.21. The molecule has 0 radical (unpaired) electrons. The smallest absolute Gasteiger partial charge is 0.330 e. The molecule has 0 N–H and O–H groups in total. The van der Waals surface area contributed by atoms with E-state index in [9.17, 15) is 9.59 Å². The molecule has 0 atom stereocenters. The first-order valence-corrected chi connectivity index (χ1v) is 5.21. The van der Waals surface area contributed by atoms with Crippen LogP contribution in [0.5, 0.6) is 0 Å². The molecule has 0 unspecified atom stereocenters. The van der Waals surface area contributed by atoms with Crippen LogP contribution in [0.15, 0.2) is 41.5 Å². The van der Waals surface area contributed by atoms with Crippen molar-refractivity contribution in [3.05, 3.63) is 52.4 Å². The third-order valence-corrected chi connectivity index (χ3v) is 1.95. The van der Waals surface area contributed by atoms with Crippen molar-refractivity contribution >= 4 is 17.4 Å². The maximum absolute atomic E-state index is 11.7. The van der Waals surface area contributed by atoms with Gasteiger partial charge in [-0.1, -0.05) is 23.3 Å². The lowest BCUT2D eigenvalue weighted by Gasteiger charge is -1.97. The van der Waals surface area contributed by atoms with Crippen molar-refractivity contribution in [1.82, 2.24) is 0 Å². The largest absolute Gasteiger partial charge is 0.463 e. The molecule has 1 aromatic rings. The summed E-state index contributed by atoms with van der Waals surface area (Å²) in [4.78, 5) is 25.3. The van der Waals surface area contributed by atoms with Crippen molar-refractivity contribution in [2.24, 2.45) is 5.11 Å². The molecule has 0 bridgehead atoms. The van der Waals surface area contributed by atoms with Crippen LogP contribution in [0.25, 0.3) is 10.4 Å². The molecule has 0 aromatic heterocycles. The predicted molar refractivity (Wildman–Crippen MR) is 65.4 cm³/mol. The number of esters is 1. The summed E-state index contributed by atoms with van der Waals surface area (Å²) in [6.45, 7) is 1.93. The lowest BCUT2D eigenvalue weighted by Crippen LogP contribution is -2.01. The number of rotatable bonds is 5. The van der Waals surface area contributed by atoms with E-state index in [4.69, 9.17) is 5.53 Å².